The van der Waals surface area contributed by atoms with E-state index in [1.165, 1.54) is 4.57 Å². The lowest BCUT2D eigenvalue weighted by Gasteiger charge is -2.02. The van der Waals surface area contributed by atoms with Crippen molar-refractivity contribution in [3.05, 3.63) is 21.5 Å². The number of halogens is 1. The number of hydrogen-bond acceptors (Lipinski definition) is 3. The molecule has 1 heterocycles. The summed E-state index contributed by atoms with van der Waals surface area (Å²) < 4.78 is 1.53. The topological polar surface area (TPSA) is 61.0 Å². The summed E-state index contributed by atoms with van der Waals surface area (Å²) in [5.74, 6) is -0.0943. The van der Waals surface area contributed by atoms with Crippen LogP contribution in [0.1, 0.15) is 30.1 Å². The van der Waals surface area contributed by atoms with Crippen molar-refractivity contribution in [2.45, 2.75) is 25.1 Å². The van der Waals surface area contributed by atoms with Crippen molar-refractivity contribution in [1.82, 2.24) is 9.55 Å². The van der Waals surface area contributed by atoms with Gasteiger partial charge in [-0.25, -0.2) is 4.57 Å². The van der Waals surface area contributed by atoms with Gasteiger partial charge in [0.2, 0.25) is 0 Å². The highest BCUT2D eigenvalue weighted by molar-refractivity contribution is 9.09. The van der Waals surface area contributed by atoms with Crippen molar-refractivity contribution in [3.8, 4) is 0 Å². The fourth-order valence-corrected chi connectivity index (χ4v) is 2.05. The highest BCUT2D eigenvalue weighted by atomic mass is 79.9. The molecule has 0 aliphatic rings. The van der Waals surface area contributed by atoms with Crippen molar-refractivity contribution in [3.63, 3.8) is 0 Å². The van der Waals surface area contributed by atoms with Crippen LogP contribution < -0.4 is 0 Å². The Labute approximate surface area is 90.4 Å². The number of nitrogens with zero attached hydrogens (tertiary/aromatic N) is 3. The molecule has 0 bridgehead atoms. The van der Waals surface area contributed by atoms with Crippen molar-refractivity contribution >= 4 is 21.9 Å². The second kappa shape index (κ2) is 4.08. The number of aromatic nitrogens is 2. The van der Waals surface area contributed by atoms with E-state index in [9.17, 15) is 10.1 Å². The number of nitro groups is 1. The molecule has 6 heteroatoms. The number of hydrogen-bond donors (Lipinski definition) is 0. The Morgan fingerprint density at radius 2 is 2.29 bits per heavy atom. The van der Waals surface area contributed by atoms with Crippen LogP contribution in [0.3, 0.4) is 0 Å². The maximum Gasteiger partial charge on any atom is 0.434 e. The Balaban J connectivity index is 3.33. The van der Waals surface area contributed by atoms with Crippen molar-refractivity contribution in [1.29, 1.82) is 0 Å². The van der Waals surface area contributed by atoms with Gasteiger partial charge in [-0.05, 0) is 11.8 Å². The SMILES string of the molecule is CCc1nc([N+](=O)[O-])n(C)c1C(C)Br. The van der Waals surface area contributed by atoms with E-state index in [1.54, 1.807) is 7.05 Å². The molecule has 78 valence electrons. The van der Waals surface area contributed by atoms with Gasteiger partial charge in [-0.1, -0.05) is 27.8 Å². The van der Waals surface area contributed by atoms with Crippen molar-refractivity contribution in [2.75, 3.05) is 0 Å². The Hall–Kier alpha value is -0.910. The number of rotatable bonds is 3. The number of alkyl halides is 1. The molecule has 0 saturated heterocycles. The third kappa shape index (κ3) is 1.79. The Morgan fingerprint density at radius 3 is 2.57 bits per heavy atom. The van der Waals surface area contributed by atoms with E-state index in [2.05, 4.69) is 20.9 Å². The molecule has 0 radical (unpaired) electrons. The lowest BCUT2D eigenvalue weighted by molar-refractivity contribution is -0.396. The van der Waals surface area contributed by atoms with Gasteiger partial charge in [0.15, 0.2) is 5.69 Å². The van der Waals surface area contributed by atoms with Crippen LogP contribution >= 0.6 is 15.9 Å². The molecule has 1 aromatic heterocycles. The van der Waals surface area contributed by atoms with Crippen LogP contribution in [0, 0.1) is 10.1 Å². The van der Waals surface area contributed by atoms with E-state index in [0.717, 1.165) is 11.4 Å². The smallest absolute Gasteiger partial charge is 0.390 e. The molecule has 14 heavy (non-hydrogen) atoms. The van der Waals surface area contributed by atoms with E-state index >= 15 is 0 Å². The molecule has 0 saturated carbocycles. The van der Waals surface area contributed by atoms with Gasteiger partial charge in [-0.15, -0.1) is 0 Å². The van der Waals surface area contributed by atoms with E-state index in [0.29, 0.717) is 6.42 Å². The quantitative estimate of drug-likeness (QED) is 0.477. The summed E-state index contributed by atoms with van der Waals surface area (Å²) in [5.41, 5.74) is 1.66. The molecule has 1 unspecified atom stereocenters. The summed E-state index contributed by atoms with van der Waals surface area (Å²) in [6.45, 7) is 3.87. The van der Waals surface area contributed by atoms with Crippen molar-refractivity contribution < 1.29 is 4.92 Å². The molecule has 1 aromatic rings. The summed E-state index contributed by atoms with van der Waals surface area (Å²) in [6, 6.07) is 0. The largest absolute Gasteiger partial charge is 0.434 e. The molecule has 0 amide bonds. The maximum atomic E-state index is 10.6. The number of imidazole rings is 1. The zero-order valence-electron chi connectivity index (χ0n) is 8.32. The predicted octanol–water partition coefficient (Wildman–Crippen LogP) is 2.35. The van der Waals surface area contributed by atoms with E-state index < -0.39 is 4.92 Å². The summed E-state index contributed by atoms with van der Waals surface area (Å²) in [6.07, 6.45) is 0.701. The molecule has 0 aromatic carbocycles. The summed E-state index contributed by atoms with van der Waals surface area (Å²) >= 11 is 3.40. The Kier molecular flexibility index (Phi) is 3.25. The Bertz CT molecular complexity index is 360. The highest BCUT2D eigenvalue weighted by Gasteiger charge is 2.25. The second-order valence-corrected chi connectivity index (χ2v) is 4.40. The first-order valence-electron chi connectivity index (χ1n) is 4.33. The van der Waals surface area contributed by atoms with Crippen LogP contribution in [-0.2, 0) is 13.5 Å². The van der Waals surface area contributed by atoms with E-state index in [1.807, 2.05) is 13.8 Å². The van der Waals surface area contributed by atoms with Crippen LogP contribution in [0.25, 0.3) is 0 Å². The van der Waals surface area contributed by atoms with Gasteiger partial charge < -0.3 is 10.1 Å². The molecule has 0 aliphatic carbocycles. The van der Waals surface area contributed by atoms with Crippen LogP contribution in [0.2, 0.25) is 0 Å². The second-order valence-electron chi connectivity index (χ2n) is 3.03. The first kappa shape index (κ1) is 11.2. The standard InChI is InChI=1S/C8H12BrN3O2/c1-4-6-7(5(2)9)11(3)8(10-6)12(13)14/h5H,4H2,1-3H3. The Morgan fingerprint density at radius 1 is 1.71 bits per heavy atom. The minimum atomic E-state index is -0.460. The molecule has 5 nitrogen and oxygen atoms in total. The average Bonchev–Trinajstić information content (AvgIpc) is 2.42. The fraction of sp³-hybridized carbons (Fsp3) is 0.625. The first-order valence-corrected chi connectivity index (χ1v) is 5.24. The van der Waals surface area contributed by atoms with Crippen molar-refractivity contribution in [2.24, 2.45) is 7.05 Å². The van der Waals surface area contributed by atoms with Gasteiger partial charge in [0.1, 0.15) is 5.69 Å². The molecule has 0 fully saturated rings. The minimum absolute atomic E-state index is 0.0728. The third-order valence-corrected chi connectivity index (χ3v) is 2.50. The third-order valence-electron chi connectivity index (χ3n) is 2.07. The molecular weight excluding hydrogens is 250 g/mol. The molecule has 0 spiro atoms. The van der Waals surface area contributed by atoms with Gasteiger partial charge in [0.25, 0.3) is 0 Å². The predicted molar refractivity (Wildman–Crippen MR) is 56.6 cm³/mol. The lowest BCUT2D eigenvalue weighted by atomic mass is 10.2. The van der Waals surface area contributed by atoms with Crippen LogP contribution in [-0.4, -0.2) is 14.5 Å². The number of aryl methyl sites for hydroxylation is 1. The van der Waals surface area contributed by atoms with Gasteiger partial charge in [-0.2, -0.15) is 0 Å². The molecule has 1 rings (SSSR count). The van der Waals surface area contributed by atoms with E-state index in [-0.39, 0.29) is 10.8 Å². The van der Waals surface area contributed by atoms with Gasteiger partial charge in [0, 0.05) is 6.42 Å². The highest BCUT2D eigenvalue weighted by Crippen LogP contribution is 2.28. The van der Waals surface area contributed by atoms with Gasteiger partial charge in [0.05, 0.1) is 11.9 Å². The van der Waals surface area contributed by atoms with E-state index in [4.69, 9.17) is 0 Å². The zero-order valence-corrected chi connectivity index (χ0v) is 9.91. The lowest BCUT2D eigenvalue weighted by Crippen LogP contribution is -2.02. The average molecular weight is 262 g/mol. The van der Waals surface area contributed by atoms with Crippen LogP contribution in [0.4, 0.5) is 5.95 Å². The van der Waals surface area contributed by atoms with Gasteiger partial charge >= 0.3 is 5.95 Å². The monoisotopic (exact) mass is 261 g/mol. The minimum Gasteiger partial charge on any atom is -0.390 e. The van der Waals surface area contributed by atoms with Crippen LogP contribution in [0.5, 0.6) is 0 Å². The summed E-state index contributed by atoms with van der Waals surface area (Å²) in [4.78, 5) is 14.2. The molecule has 1 atom stereocenters. The normalized spacial score (nSPS) is 12.9. The molecule has 0 N–H and O–H groups in total. The van der Waals surface area contributed by atoms with Crippen LogP contribution in [0.15, 0.2) is 0 Å². The zero-order chi connectivity index (χ0) is 10.9. The maximum absolute atomic E-state index is 10.6. The summed E-state index contributed by atoms with van der Waals surface area (Å²) in [5, 5.41) is 10.6. The fourth-order valence-electron chi connectivity index (χ4n) is 1.47. The first-order chi connectivity index (χ1) is 6.49. The van der Waals surface area contributed by atoms with Gasteiger partial charge in [-0.3, -0.25) is 0 Å². The molecule has 0 aliphatic heterocycles. The summed E-state index contributed by atoms with van der Waals surface area (Å²) in [7, 11) is 1.66. The molecular formula is C8H12BrN3O2.